The summed E-state index contributed by atoms with van der Waals surface area (Å²) in [7, 11) is 0. The van der Waals surface area contributed by atoms with Crippen molar-refractivity contribution in [1.29, 1.82) is 0 Å². The lowest BCUT2D eigenvalue weighted by Gasteiger charge is -2.39. The third-order valence-corrected chi connectivity index (χ3v) is 7.46. The van der Waals surface area contributed by atoms with Gasteiger partial charge >= 0.3 is 5.97 Å². The first-order chi connectivity index (χ1) is 13.0. The maximum atomic E-state index is 12.8. The van der Waals surface area contributed by atoms with Gasteiger partial charge in [-0.2, -0.15) is 0 Å². The fourth-order valence-electron chi connectivity index (χ4n) is 5.41. The maximum Gasteiger partial charge on any atom is 0.309 e. The Morgan fingerprint density at radius 1 is 1.00 bits per heavy atom. The molecule has 0 aromatic heterocycles. The number of benzene rings is 1. The monoisotopic (exact) mass is 370 g/mol. The van der Waals surface area contributed by atoms with E-state index in [0.29, 0.717) is 11.8 Å². The van der Waals surface area contributed by atoms with Gasteiger partial charge in [-0.05, 0) is 55.9 Å². The largest absolute Gasteiger partial charge is 0.462 e. The van der Waals surface area contributed by atoms with Crippen LogP contribution in [-0.2, 0) is 9.53 Å². The van der Waals surface area contributed by atoms with E-state index >= 15 is 0 Å². The van der Waals surface area contributed by atoms with E-state index < -0.39 is 0 Å². The molecule has 4 unspecified atom stereocenters. The van der Waals surface area contributed by atoms with Gasteiger partial charge in [0.05, 0.1) is 5.92 Å². The molecule has 3 rings (SSSR count). The molecule has 2 aliphatic rings. The first-order valence-electron chi connectivity index (χ1n) is 11.3. The number of esters is 1. The predicted molar refractivity (Wildman–Crippen MR) is 112 cm³/mol. The molecule has 0 bridgehead atoms. The Kier molecular flexibility index (Phi) is 7.00. The second-order valence-electron chi connectivity index (χ2n) is 9.29. The molecule has 1 aliphatic heterocycles. The van der Waals surface area contributed by atoms with E-state index in [1.807, 2.05) is 0 Å². The van der Waals surface area contributed by atoms with E-state index in [0.717, 1.165) is 18.8 Å². The zero-order valence-electron chi connectivity index (χ0n) is 17.7. The molecule has 0 amide bonds. The van der Waals surface area contributed by atoms with Crippen molar-refractivity contribution in [3.05, 3.63) is 35.4 Å². The Morgan fingerprint density at radius 3 is 2.26 bits per heavy atom. The molecule has 4 atom stereocenters. The lowest BCUT2D eigenvalue weighted by Crippen LogP contribution is -2.39. The van der Waals surface area contributed by atoms with Gasteiger partial charge in [0.2, 0.25) is 0 Å². The number of hydrogen-bond acceptors (Lipinski definition) is 2. The van der Waals surface area contributed by atoms with Crippen LogP contribution in [0.15, 0.2) is 24.3 Å². The molecule has 2 nitrogen and oxygen atoms in total. The summed E-state index contributed by atoms with van der Waals surface area (Å²) in [6.07, 6.45) is 10.0. The smallest absolute Gasteiger partial charge is 0.309 e. The zero-order chi connectivity index (χ0) is 19.4. The summed E-state index contributed by atoms with van der Waals surface area (Å²) < 4.78 is 5.98. The van der Waals surface area contributed by atoms with E-state index in [1.54, 1.807) is 0 Å². The summed E-state index contributed by atoms with van der Waals surface area (Å²) in [4.78, 5) is 12.8. The SMILES string of the molecule is CCCC1CCC(C(C)C2CCC(C(C)c3ccc(C)cc3)OC2=O)CC1. The number of hydrogen-bond donors (Lipinski definition) is 0. The quantitative estimate of drug-likeness (QED) is 0.523. The molecular weight excluding hydrogens is 332 g/mol. The van der Waals surface area contributed by atoms with Crippen molar-refractivity contribution in [2.45, 2.75) is 91.1 Å². The summed E-state index contributed by atoms with van der Waals surface area (Å²) in [5.41, 5.74) is 2.55. The van der Waals surface area contributed by atoms with Gasteiger partial charge in [0, 0.05) is 5.92 Å². The first kappa shape index (κ1) is 20.4. The molecule has 150 valence electrons. The Bertz CT molecular complexity index is 597. The summed E-state index contributed by atoms with van der Waals surface area (Å²) >= 11 is 0. The van der Waals surface area contributed by atoms with Gasteiger partial charge in [-0.3, -0.25) is 4.79 Å². The topological polar surface area (TPSA) is 26.3 Å². The van der Waals surface area contributed by atoms with Crippen molar-refractivity contribution in [2.24, 2.45) is 23.7 Å². The number of carbonyl (C=O) groups is 1. The number of ether oxygens (including phenoxy) is 1. The van der Waals surface area contributed by atoms with Crippen LogP contribution >= 0.6 is 0 Å². The molecule has 0 N–H and O–H groups in total. The van der Waals surface area contributed by atoms with Crippen LogP contribution in [0, 0.1) is 30.6 Å². The average molecular weight is 371 g/mol. The number of aryl methyl sites for hydroxylation is 1. The highest BCUT2D eigenvalue weighted by atomic mass is 16.5. The third-order valence-electron chi connectivity index (χ3n) is 7.46. The summed E-state index contributed by atoms with van der Waals surface area (Å²) in [6.45, 7) is 8.90. The summed E-state index contributed by atoms with van der Waals surface area (Å²) in [6, 6.07) is 8.65. The van der Waals surface area contributed by atoms with Crippen LogP contribution in [-0.4, -0.2) is 12.1 Å². The Morgan fingerprint density at radius 2 is 1.67 bits per heavy atom. The number of rotatable bonds is 6. The molecule has 2 heteroatoms. The van der Waals surface area contributed by atoms with Crippen molar-refractivity contribution in [1.82, 2.24) is 0 Å². The fourth-order valence-corrected chi connectivity index (χ4v) is 5.41. The van der Waals surface area contributed by atoms with Gasteiger partial charge < -0.3 is 4.74 Å². The van der Waals surface area contributed by atoms with Crippen molar-refractivity contribution < 1.29 is 9.53 Å². The van der Waals surface area contributed by atoms with Gasteiger partial charge in [0.1, 0.15) is 6.10 Å². The second-order valence-corrected chi connectivity index (χ2v) is 9.29. The third kappa shape index (κ3) is 4.95. The van der Waals surface area contributed by atoms with E-state index in [2.05, 4.69) is 52.0 Å². The summed E-state index contributed by atoms with van der Waals surface area (Å²) in [5.74, 6) is 2.55. The van der Waals surface area contributed by atoms with Crippen LogP contribution in [0.5, 0.6) is 0 Å². The van der Waals surface area contributed by atoms with Crippen molar-refractivity contribution in [2.75, 3.05) is 0 Å². The van der Waals surface area contributed by atoms with Gasteiger partial charge in [0.15, 0.2) is 0 Å². The predicted octanol–water partition coefficient (Wildman–Crippen LogP) is 6.66. The second kappa shape index (κ2) is 9.26. The van der Waals surface area contributed by atoms with Crippen LogP contribution in [0.3, 0.4) is 0 Å². The minimum atomic E-state index is 0.0314. The molecule has 1 heterocycles. The molecule has 1 aromatic rings. The lowest BCUT2D eigenvalue weighted by atomic mass is 9.70. The zero-order valence-corrected chi connectivity index (χ0v) is 17.7. The van der Waals surface area contributed by atoms with Crippen molar-refractivity contribution in [3.8, 4) is 0 Å². The van der Waals surface area contributed by atoms with E-state index in [4.69, 9.17) is 4.74 Å². The van der Waals surface area contributed by atoms with Crippen molar-refractivity contribution in [3.63, 3.8) is 0 Å². The number of cyclic esters (lactones) is 1. The normalized spacial score (nSPS) is 31.2. The lowest BCUT2D eigenvalue weighted by molar-refractivity contribution is -0.165. The Hall–Kier alpha value is -1.31. The highest BCUT2D eigenvalue weighted by Gasteiger charge is 2.39. The molecular formula is C25H38O2. The van der Waals surface area contributed by atoms with Crippen LogP contribution in [0.4, 0.5) is 0 Å². The average Bonchev–Trinajstić information content (AvgIpc) is 2.68. The molecule has 1 saturated heterocycles. The maximum absolute atomic E-state index is 12.8. The highest BCUT2D eigenvalue weighted by Crippen LogP contribution is 2.42. The van der Waals surface area contributed by atoms with Gasteiger partial charge in [0.25, 0.3) is 0 Å². The standard InChI is InChI=1S/C25H38O2/c1-5-6-20-9-13-21(14-10-20)18(3)23-15-16-24(27-25(23)26)19(4)22-11-7-17(2)8-12-22/h7-8,11-12,18-21,23-24H,5-6,9-10,13-16H2,1-4H3. The molecule has 27 heavy (non-hydrogen) atoms. The Balaban J connectivity index is 1.54. The molecule has 1 aromatic carbocycles. The first-order valence-corrected chi connectivity index (χ1v) is 11.3. The minimum Gasteiger partial charge on any atom is -0.462 e. The highest BCUT2D eigenvalue weighted by molar-refractivity contribution is 5.73. The Labute approximate surface area is 166 Å². The number of carbonyl (C=O) groups excluding carboxylic acids is 1. The molecule has 0 radical (unpaired) electrons. The van der Waals surface area contributed by atoms with E-state index in [9.17, 15) is 4.79 Å². The van der Waals surface area contributed by atoms with Crippen LogP contribution in [0.2, 0.25) is 0 Å². The summed E-state index contributed by atoms with van der Waals surface area (Å²) in [5, 5.41) is 0. The van der Waals surface area contributed by atoms with Crippen LogP contribution < -0.4 is 0 Å². The molecule has 0 spiro atoms. The minimum absolute atomic E-state index is 0.0314. The van der Waals surface area contributed by atoms with Gasteiger partial charge in [-0.25, -0.2) is 0 Å². The van der Waals surface area contributed by atoms with Crippen LogP contribution in [0.1, 0.15) is 89.2 Å². The van der Waals surface area contributed by atoms with Gasteiger partial charge in [-0.1, -0.05) is 76.3 Å². The molecule has 2 fully saturated rings. The van der Waals surface area contributed by atoms with Crippen LogP contribution in [0.25, 0.3) is 0 Å². The fraction of sp³-hybridized carbons (Fsp3) is 0.720. The molecule has 1 aliphatic carbocycles. The van der Waals surface area contributed by atoms with E-state index in [-0.39, 0.29) is 23.9 Å². The van der Waals surface area contributed by atoms with E-state index in [1.165, 1.54) is 49.7 Å². The van der Waals surface area contributed by atoms with Crippen molar-refractivity contribution >= 4 is 5.97 Å². The van der Waals surface area contributed by atoms with Gasteiger partial charge in [-0.15, -0.1) is 0 Å². The molecule has 1 saturated carbocycles.